The topological polar surface area (TPSA) is 52.6 Å². The van der Waals surface area contributed by atoms with E-state index in [9.17, 15) is 4.79 Å². The van der Waals surface area contributed by atoms with Crippen molar-refractivity contribution in [2.24, 2.45) is 0 Å². The first-order valence-electron chi connectivity index (χ1n) is 7.75. The zero-order valence-electron chi connectivity index (χ0n) is 12.9. The first-order chi connectivity index (χ1) is 11.2. The van der Waals surface area contributed by atoms with Crippen LogP contribution in [0.4, 0.5) is 0 Å². The molecule has 0 atom stereocenters. The van der Waals surface area contributed by atoms with Gasteiger partial charge in [-0.15, -0.1) is 0 Å². The van der Waals surface area contributed by atoms with Crippen molar-refractivity contribution in [1.82, 2.24) is 10.4 Å². The van der Waals surface area contributed by atoms with Crippen LogP contribution in [0.5, 0.6) is 0 Å². The maximum absolute atomic E-state index is 11.1. The molecule has 23 heavy (non-hydrogen) atoms. The van der Waals surface area contributed by atoms with Gasteiger partial charge < -0.3 is 0 Å². The van der Waals surface area contributed by atoms with Crippen LogP contribution in [0.1, 0.15) is 22.3 Å². The molecule has 0 bridgehead atoms. The number of carbonyl (C=O) groups excluding carboxylic acids is 1. The second kappa shape index (κ2) is 7.22. The van der Waals surface area contributed by atoms with E-state index in [-0.39, 0.29) is 0 Å². The number of benzene rings is 2. The Kier molecular flexibility index (Phi) is 4.86. The molecule has 0 fully saturated rings. The van der Waals surface area contributed by atoms with Gasteiger partial charge in [0.25, 0.3) is 5.91 Å². The van der Waals surface area contributed by atoms with Crippen LogP contribution < -0.4 is 5.48 Å². The van der Waals surface area contributed by atoms with E-state index in [1.54, 1.807) is 11.6 Å². The fraction of sp³-hybridized carbons (Fsp3) is 0.211. The standard InChI is InChI=1S/C19H20N2O2/c22-19(20-23)9-7-15-6-8-17-10-11-21(14-18(17)12-15)13-16-4-2-1-3-5-16/h1-9,12,23H,10-11,13-14H2,(H,20,22)/b9-7+. The van der Waals surface area contributed by atoms with E-state index in [0.717, 1.165) is 31.6 Å². The lowest BCUT2D eigenvalue weighted by Gasteiger charge is -2.29. The third-order valence-electron chi connectivity index (χ3n) is 4.11. The third-order valence-corrected chi connectivity index (χ3v) is 4.11. The fourth-order valence-corrected chi connectivity index (χ4v) is 2.92. The van der Waals surface area contributed by atoms with Crippen LogP contribution in [0.2, 0.25) is 0 Å². The van der Waals surface area contributed by atoms with Gasteiger partial charge in [-0.2, -0.15) is 0 Å². The molecule has 3 rings (SSSR count). The number of amides is 1. The molecule has 0 unspecified atom stereocenters. The SMILES string of the molecule is O=C(/C=C/c1ccc2c(c1)CN(Cc1ccccc1)CC2)NO. The maximum atomic E-state index is 11.1. The minimum atomic E-state index is -0.520. The van der Waals surface area contributed by atoms with Gasteiger partial charge in [0.2, 0.25) is 0 Å². The van der Waals surface area contributed by atoms with Crippen molar-refractivity contribution in [3.05, 3.63) is 76.9 Å². The molecule has 1 amide bonds. The van der Waals surface area contributed by atoms with Crippen LogP contribution in [0.25, 0.3) is 6.08 Å². The summed E-state index contributed by atoms with van der Waals surface area (Å²) in [5.41, 5.74) is 6.57. The molecule has 0 saturated carbocycles. The summed E-state index contributed by atoms with van der Waals surface area (Å²) in [5.74, 6) is -0.520. The Bertz CT molecular complexity index is 711. The van der Waals surface area contributed by atoms with Crippen LogP contribution in [0.15, 0.2) is 54.6 Å². The maximum Gasteiger partial charge on any atom is 0.267 e. The van der Waals surface area contributed by atoms with Crippen molar-refractivity contribution in [3.8, 4) is 0 Å². The molecular formula is C19H20N2O2. The Morgan fingerprint density at radius 1 is 1.17 bits per heavy atom. The second-order valence-electron chi connectivity index (χ2n) is 5.78. The van der Waals surface area contributed by atoms with Gasteiger partial charge in [0.05, 0.1) is 0 Å². The van der Waals surface area contributed by atoms with E-state index in [2.05, 4.69) is 41.3 Å². The molecule has 2 N–H and O–H groups in total. The van der Waals surface area contributed by atoms with Gasteiger partial charge in [-0.3, -0.25) is 14.9 Å². The highest BCUT2D eigenvalue weighted by Crippen LogP contribution is 2.22. The number of nitrogens with one attached hydrogen (secondary N) is 1. The molecule has 0 radical (unpaired) electrons. The molecule has 0 saturated heterocycles. The van der Waals surface area contributed by atoms with Crippen molar-refractivity contribution in [2.75, 3.05) is 6.54 Å². The highest BCUT2D eigenvalue weighted by Gasteiger charge is 2.16. The van der Waals surface area contributed by atoms with E-state index in [0.29, 0.717) is 0 Å². The van der Waals surface area contributed by atoms with E-state index >= 15 is 0 Å². The lowest BCUT2D eigenvalue weighted by Crippen LogP contribution is -2.30. The fourth-order valence-electron chi connectivity index (χ4n) is 2.92. The van der Waals surface area contributed by atoms with Gasteiger partial charge >= 0.3 is 0 Å². The lowest BCUT2D eigenvalue weighted by atomic mass is 9.97. The monoisotopic (exact) mass is 308 g/mol. The quantitative estimate of drug-likeness (QED) is 0.519. The van der Waals surface area contributed by atoms with E-state index in [4.69, 9.17) is 5.21 Å². The Morgan fingerprint density at radius 3 is 2.78 bits per heavy atom. The number of rotatable bonds is 4. The van der Waals surface area contributed by atoms with Gasteiger partial charge in [-0.1, -0.05) is 48.5 Å². The number of hydrogen-bond acceptors (Lipinski definition) is 3. The molecule has 0 aromatic heterocycles. The smallest absolute Gasteiger partial charge is 0.267 e. The molecule has 1 aliphatic rings. The minimum absolute atomic E-state index is 0.520. The Balaban J connectivity index is 1.71. The molecule has 0 aliphatic carbocycles. The normalized spacial score (nSPS) is 14.7. The molecular weight excluding hydrogens is 288 g/mol. The van der Waals surface area contributed by atoms with Crippen LogP contribution >= 0.6 is 0 Å². The number of hydrogen-bond donors (Lipinski definition) is 2. The van der Waals surface area contributed by atoms with E-state index < -0.39 is 5.91 Å². The van der Waals surface area contributed by atoms with Crippen molar-refractivity contribution < 1.29 is 10.0 Å². The molecule has 1 aliphatic heterocycles. The molecule has 4 heteroatoms. The largest absolute Gasteiger partial charge is 0.294 e. The first-order valence-corrected chi connectivity index (χ1v) is 7.75. The molecule has 0 spiro atoms. The number of fused-ring (bicyclic) bond motifs is 1. The second-order valence-corrected chi connectivity index (χ2v) is 5.78. The summed E-state index contributed by atoms with van der Waals surface area (Å²) in [6, 6.07) is 16.7. The molecule has 4 nitrogen and oxygen atoms in total. The van der Waals surface area contributed by atoms with E-state index in [1.807, 2.05) is 12.1 Å². The molecule has 118 valence electrons. The van der Waals surface area contributed by atoms with Gasteiger partial charge in [0.15, 0.2) is 0 Å². The van der Waals surface area contributed by atoms with Crippen molar-refractivity contribution >= 4 is 12.0 Å². The van der Waals surface area contributed by atoms with Crippen LogP contribution in [-0.4, -0.2) is 22.6 Å². The molecule has 1 heterocycles. The Morgan fingerprint density at radius 2 is 2.00 bits per heavy atom. The summed E-state index contributed by atoms with van der Waals surface area (Å²) in [7, 11) is 0. The summed E-state index contributed by atoms with van der Waals surface area (Å²) in [6.45, 7) is 2.93. The van der Waals surface area contributed by atoms with Crippen molar-refractivity contribution in [1.29, 1.82) is 0 Å². The summed E-state index contributed by atoms with van der Waals surface area (Å²) >= 11 is 0. The summed E-state index contributed by atoms with van der Waals surface area (Å²) in [4.78, 5) is 13.5. The van der Waals surface area contributed by atoms with Crippen LogP contribution in [0, 0.1) is 0 Å². The summed E-state index contributed by atoms with van der Waals surface area (Å²) < 4.78 is 0. The summed E-state index contributed by atoms with van der Waals surface area (Å²) in [5, 5.41) is 8.52. The third kappa shape index (κ3) is 4.06. The number of hydroxylamine groups is 1. The van der Waals surface area contributed by atoms with Crippen molar-refractivity contribution in [2.45, 2.75) is 19.5 Å². The van der Waals surface area contributed by atoms with Gasteiger partial charge in [-0.25, -0.2) is 5.48 Å². The molecule has 2 aromatic rings. The number of carbonyl (C=O) groups is 1. The Hall–Kier alpha value is -2.43. The average molecular weight is 308 g/mol. The summed E-state index contributed by atoms with van der Waals surface area (Å²) in [6.07, 6.45) is 4.08. The highest BCUT2D eigenvalue weighted by atomic mass is 16.5. The van der Waals surface area contributed by atoms with Gasteiger partial charge in [-0.05, 0) is 34.8 Å². The first kappa shape index (κ1) is 15.5. The zero-order valence-corrected chi connectivity index (χ0v) is 12.9. The lowest BCUT2D eigenvalue weighted by molar-refractivity contribution is -0.124. The van der Waals surface area contributed by atoms with Crippen LogP contribution in [0.3, 0.4) is 0 Å². The zero-order chi connectivity index (χ0) is 16.1. The highest BCUT2D eigenvalue weighted by molar-refractivity contribution is 5.90. The Labute approximate surface area is 136 Å². The number of nitrogens with zero attached hydrogens (tertiary/aromatic N) is 1. The van der Waals surface area contributed by atoms with Crippen molar-refractivity contribution in [3.63, 3.8) is 0 Å². The van der Waals surface area contributed by atoms with Crippen LogP contribution in [-0.2, 0) is 24.3 Å². The average Bonchev–Trinajstić information content (AvgIpc) is 2.60. The van der Waals surface area contributed by atoms with E-state index in [1.165, 1.54) is 22.8 Å². The van der Waals surface area contributed by atoms with Gasteiger partial charge in [0, 0.05) is 25.7 Å². The minimum Gasteiger partial charge on any atom is -0.294 e. The van der Waals surface area contributed by atoms with Gasteiger partial charge in [0.1, 0.15) is 0 Å². The molecule has 2 aromatic carbocycles. The predicted molar refractivity (Wildman–Crippen MR) is 89.7 cm³/mol. The predicted octanol–water partition coefficient (Wildman–Crippen LogP) is 2.76.